The number of hydrogen-bond donors (Lipinski definition) is 3. The third-order valence-electron chi connectivity index (χ3n) is 1.92. The zero-order valence-corrected chi connectivity index (χ0v) is 9.75. The average molecular weight is 238 g/mol. The number of nitrogens with two attached hydrogens (primary N) is 1. The number of primary amides is 1. The first-order valence-corrected chi connectivity index (χ1v) is 6.33. The average Bonchev–Trinajstić information content (AvgIpc) is 2.00. The number of amides is 1. The molecular formula is C8H18N2O4S. The van der Waals surface area contributed by atoms with Crippen molar-refractivity contribution < 1.29 is 17.8 Å². The van der Waals surface area contributed by atoms with Crippen LogP contribution in [0, 0.1) is 5.92 Å². The molecule has 0 rings (SSSR count). The van der Waals surface area contributed by atoms with Crippen LogP contribution in [0.2, 0.25) is 0 Å². The van der Waals surface area contributed by atoms with Crippen LogP contribution in [0.3, 0.4) is 0 Å². The van der Waals surface area contributed by atoms with Gasteiger partial charge in [0.25, 0.3) is 10.1 Å². The molecule has 0 aliphatic rings. The topological polar surface area (TPSA) is 109 Å². The van der Waals surface area contributed by atoms with E-state index >= 15 is 0 Å². The van der Waals surface area contributed by atoms with E-state index in [2.05, 4.69) is 5.32 Å². The van der Waals surface area contributed by atoms with Crippen molar-refractivity contribution in [1.82, 2.24) is 5.32 Å². The molecule has 0 radical (unpaired) electrons. The van der Waals surface area contributed by atoms with E-state index in [9.17, 15) is 13.2 Å². The molecule has 0 fully saturated rings. The molecule has 90 valence electrons. The van der Waals surface area contributed by atoms with Gasteiger partial charge in [-0.1, -0.05) is 13.8 Å². The summed E-state index contributed by atoms with van der Waals surface area (Å²) in [5.74, 6) is -0.728. The van der Waals surface area contributed by atoms with Gasteiger partial charge in [-0.3, -0.25) is 9.35 Å². The normalized spacial score (nSPS) is 14.1. The van der Waals surface area contributed by atoms with E-state index in [1.807, 2.05) is 13.8 Å². The molecule has 0 unspecified atom stereocenters. The highest BCUT2D eigenvalue weighted by molar-refractivity contribution is 7.85. The summed E-state index contributed by atoms with van der Waals surface area (Å²) >= 11 is 0. The van der Waals surface area contributed by atoms with Crippen LogP contribution < -0.4 is 11.1 Å². The molecule has 6 nitrogen and oxygen atoms in total. The molecule has 0 aliphatic heterocycles. The van der Waals surface area contributed by atoms with Gasteiger partial charge in [0.1, 0.15) is 0 Å². The van der Waals surface area contributed by atoms with E-state index in [-0.39, 0.29) is 18.1 Å². The Morgan fingerprint density at radius 1 is 1.47 bits per heavy atom. The molecule has 0 spiro atoms. The minimum absolute atomic E-state index is 0.0493. The summed E-state index contributed by atoms with van der Waals surface area (Å²) in [6, 6.07) is -0.466. The van der Waals surface area contributed by atoms with Gasteiger partial charge in [-0.05, 0) is 18.9 Å². The van der Waals surface area contributed by atoms with Gasteiger partial charge in [0, 0.05) is 0 Å². The molecule has 4 N–H and O–H groups in total. The molecule has 15 heavy (non-hydrogen) atoms. The van der Waals surface area contributed by atoms with Crippen molar-refractivity contribution in [2.24, 2.45) is 11.7 Å². The van der Waals surface area contributed by atoms with Gasteiger partial charge in [0.15, 0.2) is 0 Å². The second-order valence-electron chi connectivity index (χ2n) is 3.72. The van der Waals surface area contributed by atoms with Crippen LogP contribution >= 0.6 is 0 Å². The standard InChI is InChI=1S/C8H18N2O4S/c1-6(2)7(8(9)11)10-4-3-5-15(12,13)14/h6-7,10H,3-5H2,1-2H3,(H2,9,11)(H,12,13,14)/t7-/m0/s1. The molecule has 0 saturated heterocycles. The Bertz CT molecular complexity index is 300. The minimum atomic E-state index is -3.92. The quantitative estimate of drug-likeness (QED) is 0.404. The maximum atomic E-state index is 10.9. The summed E-state index contributed by atoms with van der Waals surface area (Å²) in [5.41, 5.74) is 5.14. The number of carbonyl (C=O) groups excluding carboxylic acids is 1. The molecule has 0 bridgehead atoms. The van der Waals surface area contributed by atoms with Gasteiger partial charge in [0.05, 0.1) is 11.8 Å². The predicted molar refractivity (Wildman–Crippen MR) is 56.9 cm³/mol. The van der Waals surface area contributed by atoms with Crippen molar-refractivity contribution in [3.63, 3.8) is 0 Å². The lowest BCUT2D eigenvalue weighted by Crippen LogP contribution is -2.45. The lowest BCUT2D eigenvalue weighted by molar-refractivity contribution is -0.120. The Morgan fingerprint density at radius 2 is 2.00 bits per heavy atom. The fourth-order valence-electron chi connectivity index (χ4n) is 1.18. The van der Waals surface area contributed by atoms with Crippen LogP contribution in [0.4, 0.5) is 0 Å². The van der Waals surface area contributed by atoms with Gasteiger partial charge in [-0.15, -0.1) is 0 Å². The first-order chi connectivity index (χ1) is 6.74. The Labute approximate surface area is 90.0 Å². The Kier molecular flexibility index (Phi) is 5.77. The molecule has 1 atom stereocenters. The van der Waals surface area contributed by atoms with Crippen LogP contribution in [-0.4, -0.2) is 37.2 Å². The van der Waals surface area contributed by atoms with E-state index in [1.165, 1.54) is 0 Å². The maximum Gasteiger partial charge on any atom is 0.264 e. The van der Waals surface area contributed by atoms with Crippen molar-refractivity contribution in [3.8, 4) is 0 Å². The smallest absolute Gasteiger partial charge is 0.264 e. The number of hydrogen-bond acceptors (Lipinski definition) is 4. The molecule has 0 heterocycles. The van der Waals surface area contributed by atoms with Gasteiger partial charge in [-0.25, -0.2) is 0 Å². The molecule has 1 amide bonds. The first kappa shape index (κ1) is 14.3. The summed E-state index contributed by atoms with van der Waals surface area (Å²) in [7, 11) is -3.92. The first-order valence-electron chi connectivity index (χ1n) is 4.72. The van der Waals surface area contributed by atoms with Crippen molar-refractivity contribution in [1.29, 1.82) is 0 Å². The SMILES string of the molecule is CC(C)[C@H](NCCCS(=O)(=O)O)C(N)=O. The Hall–Kier alpha value is -0.660. The molecular weight excluding hydrogens is 220 g/mol. The van der Waals surface area contributed by atoms with E-state index < -0.39 is 22.1 Å². The van der Waals surface area contributed by atoms with Crippen LogP contribution in [0.1, 0.15) is 20.3 Å². The molecule has 7 heteroatoms. The lowest BCUT2D eigenvalue weighted by Gasteiger charge is -2.18. The zero-order valence-electron chi connectivity index (χ0n) is 8.93. The minimum Gasteiger partial charge on any atom is -0.368 e. The summed E-state index contributed by atoms with van der Waals surface area (Å²) in [6.07, 6.45) is 0.245. The van der Waals surface area contributed by atoms with Gasteiger partial charge < -0.3 is 11.1 Å². The number of carbonyl (C=O) groups is 1. The van der Waals surface area contributed by atoms with Gasteiger partial charge >= 0.3 is 0 Å². The van der Waals surface area contributed by atoms with E-state index in [0.29, 0.717) is 6.54 Å². The summed E-state index contributed by atoms with van der Waals surface area (Å²) in [6.45, 7) is 4.00. The van der Waals surface area contributed by atoms with Crippen LogP contribution in [0.5, 0.6) is 0 Å². The highest BCUT2D eigenvalue weighted by Gasteiger charge is 2.18. The highest BCUT2D eigenvalue weighted by atomic mass is 32.2. The van der Waals surface area contributed by atoms with Crippen LogP contribution in [-0.2, 0) is 14.9 Å². The molecule has 0 aromatic heterocycles. The monoisotopic (exact) mass is 238 g/mol. The lowest BCUT2D eigenvalue weighted by atomic mass is 10.0. The van der Waals surface area contributed by atoms with E-state index in [1.54, 1.807) is 0 Å². The third-order valence-corrected chi connectivity index (χ3v) is 2.72. The second-order valence-corrected chi connectivity index (χ2v) is 5.29. The van der Waals surface area contributed by atoms with Gasteiger partial charge in [-0.2, -0.15) is 8.42 Å². The zero-order chi connectivity index (χ0) is 12.1. The van der Waals surface area contributed by atoms with Crippen LogP contribution in [0.15, 0.2) is 0 Å². The highest BCUT2D eigenvalue weighted by Crippen LogP contribution is 2.00. The largest absolute Gasteiger partial charge is 0.368 e. The fourth-order valence-corrected chi connectivity index (χ4v) is 1.69. The molecule has 0 aromatic carbocycles. The summed E-state index contributed by atoms with van der Waals surface area (Å²) in [4.78, 5) is 10.9. The number of nitrogens with one attached hydrogen (secondary N) is 1. The van der Waals surface area contributed by atoms with Crippen molar-refractivity contribution in [2.45, 2.75) is 26.3 Å². The maximum absolute atomic E-state index is 10.9. The predicted octanol–water partition coefficient (Wildman–Crippen LogP) is -0.636. The van der Waals surface area contributed by atoms with Crippen molar-refractivity contribution in [2.75, 3.05) is 12.3 Å². The number of rotatable bonds is 7. The third kappa shape index (κ3) is 7.29. The summed E-state index contributed by atoms with van der Waals surface area (Å²) < 4.78 is 29.2. The van der Waals surface area contributed by atoms with Crippen LogP contribution in [0.25, 0.3) is 0 Å². The second kappa shape index (κ2) is 6.04. The summed E-state index contributed by atoms with van der Waals surface area (Å²) in [5, 5.41) is 2.84. The Balaban J connectivity index is 3.88. The molecule has 0 aromatic rings. The molecule has 0 aliphatic carbocycles. The van der Waals surface area contributed by atoms with E-state index in [4.69, 9.17) is 10.3 Å². The molecule has 0 saturated carbocycles. The van der Waals surface area contributed by atoms with Crippen molar-refractivity contribution in [3.05, 3.63) is 0 Å². The van der Waals surface area contributed by atoms with Crippen molar-refractivity contribution >= 4 is 16.0 Å². The van der Waals surface area contributed by atoms with Gasteiger partial charge in [0.2, 0.25) is 5.91 Å². The van der Waals surface area contributed by atoms with E-state index in [0.717, 1.165) is 0 Å². The fraction of sp³-hybridized carbons (Fsp3) is 0.875. The Morgan fingerprint density at radius 3 is 2.33 bits per heavy atom.